The Hall–Kier alpha value is -5.34. The van der Waals surface area contributed by atoms with Gasteiger partial charge in [0.05, 0.1) is 18.0 Å². The van der Waals surface area contributed by atoms with Crippen molar-refractivity contribution in [1.29, 1.82) is 5.26 Å². The van der Waals surface area contributed by atoms with Crippen LogP contribution in [-0.2, 0) is 23.1 Å². The van der Waals surface area contributed by atoms with Crippen molar-refractivity contribution >= 4 is 17.5 Å². The second-order valence-electron chi connectivity index (χ2n) is 13.1. The monoisotopic (exact) mass is 627 g/mol. The van der Waals surface area contributed by atoms with Gasteiger partial charge in [0.1, 0.15) is 6.04 Å². The first-order chi connectivity index (χ1) is 22.7. The van der Waals surface area contributed by atoms with E-state index in [2.05, 4.69) is 75.0 Å². The van der Waals surface area contributed by atoms with Gasteiger partial charge in [-0.15, -0.1) is 10.2 Å². The molecule has 7 rings (SSSR count). The van der Waals surface area contributed by atoms with Crippen LogP contribution in [0.15, 0.2) is 67.2 Å². The van der Waals surface area contributed by atoms with E-state index < -0.39 is 11.3 Å². The van der Waals surface area contributed by atoms with Gasteiger partial charge in [0, 0.05) is 23.3 Å². The van der Waals surface area contributed by atoms with E-state index in [9.17, 15) is 14.9 Å². The van der Waals surface area contributed by atoms with Crippen LogP contribution in [-0.4, -0.2) is 56.0 Å². The summed E-state index contributed by atoms with van der Waals surface area (Å²) in [5.74, 6) is 0.306. The number of benzene rings is 3. The van der Waals surface area contributed by atoms with Gasteiger partial charge in [0.25, 0.3) is 0 Å². The number of nitriles is 1. The molecule has 5 atom stereocenters. The maximum atomic E-state index is 13.7. The number of nitrogens with zero attached hydrogens (tertiary/aromatic N) is 5. The number of fused-ring (bicyclic) bond motifs is 3. The number of aryl methyl sites for hydroxylation is 3. The van der Waals surface area contributed by atoms with Gasteiger partial charge in [-0.25, -0.2) is 0 Å². The van der Waals surface area contributed by atoms with E-state index in [1.807, 2.05) is 25.1 Å². The molecule has 4 aromatic rings. The number of nitrogens with two attached hydrogens (primary N) is 2. The Bertz CT molecular complexity index is 1850. The lowest BCUT2D eigenvalue weighted by Crippen LogP contribution is -2.45. The van der Waals surface area contributed by atoms with Crippen LogP contribution >= 0.6 is 0 Å². The molecule has 0 radical (unpaired) electrons. The molecule has 2 unspecified atom stereocenters. The summed E-state index contributed by atoms with van der Waals surface area (Å²) < 4.78 is 0. The molecule has 0 spiro atoms. The molecule has 11 heteroatoms. The van der Waals surface area contributed by atoms with E-state index in [1.54, 1.807) is 11.0 Å². The smallest absolute Gasteiger partial charge is 0.248 e. The summed E-state index contributed by atoms with van der Waals surface area (Å²) in [5.41, 5.74) is 18.6. The molecule has 2 fully saturated rings. The molecule has 3 aromatic carbocycles. The summed E-state index contributed by atoms with van der Waals surface area (Å²) in [6, 6.07) is 21.6. The largest absolute Gasteiger partial charge is 0.399 e. The van der Waals surface area contributed by atoms with Gasteiger partial charge in [-0.05, 0) is 96.5 Å². The van der Waals surface area contributed by atoms with E-state index >= 15 is 0 Å². The number of carbonyl (C=O) groups is 2. The molecule has 3 aliphatic rings. The average Bonchev–Trinajstić information content (AvgIpc) is 3.45. The Kier molecular flexibility index (Phi) is 7.60. The van der Waals surface area contributed by atoms with E-state index in [1.165, 1.54) is 0 Å². The number of aromatic amines is 1. The van der Waals surface area contributed by atoms with Crippen molar-refractivity contribution in [2.75, 3.05) is 6.54 Å². The summed E-state index contributed by atoms with van der Waals surface area (Å²) in [4.78, 5) is 27.8. The molecule has 1 saturated heterocycles. The lowest BCUT2D eigenvalue weighted by Gasteiger charge is -2.37. The maximum Gasteiger partial charge on any atom is 0.248 e. The number of likely N-dealkylation sites (tertiary alicyclic amines) is 1. The van der Waals surface area contributed by atoms with Crippen molar-refractivity contribution in [2.24, 2.45) is 17.4 Å². The molecule has 1 saturated carbocycles. The lowest BCUT2D eigenvalue weighted by molar-refractivity contribution is -0.131. The number of amides is 2. The average molecular weight is 628 g/mol. The third-order valence-corrected chi connectivity index (χ3v) is 10.2. The zero-order valence-corrected chi connectivity index (χ0v) is 26.2. The second kappa shape index (κ2) is 11.8. The summed E-state index contributed by atoms with van der Waals surface area (Å²) >= 11 is 0. The van der Waals surface area contributed by atoms with Crippen molar-refractivity contribution in [3.05, 3.63) is 118 Å². The van der Waals surface area contributed by atoms with E-state index in [-0.39, 0.29) is 30.6 Å². The maximum absolute atomic E-state index is 13.7. The van der Waals surface area contributed by atoms with Gasteiger partial charge in [-0.3, -0.25) is 9.59 Å². The highest BCUT2D eigenvalue weighted by Crippen LogP contribution is 2.50. The lowest BCUT2D eigenvalue weighted by atomic mass is 9.67. The number of hydrogen-bond acceptors (Lipinski definition) is 8. The van der Waals surface area contributed by atoms with E-state index in [0.717, 1.165) is 51.8 Å². The van der Waals surface area contributed by atoms with Crippen molar-refractivity contribution < 1.29 is 9.59 Å². The molecule has 0 bridgehead atoms. The van der Waals surface area contributed by atoms with E-state index in [4.69, 9.17) is 11.5 Å². The fraction of sp³-hybridized carbons (Fsp3) is 0.333. The van der Waals surface area contributed by atoms with Crippen molar-refractivity contribution in [1.82, 2.24) is 30.8 Å². The van der Waals surface area contributed by atoms with Crippen LogP contribution in [0.25, 0.3) is 5.70 Å². The zero-order chi connectivity index (χ0) is 32.9. The molecule has 2 heterocycles. The fourth-order valence-electron chi connectivity index (χ4n) is 7.74. The molecule has 2 amide bonds. The fourth-order valence-corrected chi connectivity index (χ4v) is 7.74. The highest BCUT2D eigenvalue weighted by molar-refractivity contribution is 5.93. The second-order valence-corrected chi connectivity index (χ2v) is 13.1. The van der Waals surface area contributed by atoms with Crippen LogP contribution in [0, 0.1) is 24.2 Å². The minimum Gasteiger partial charge on any atom is -0.399 e. The first-order valence-electron chi connectivity index (χ1n) is 16.0. The highest BCUT2D eigenvalue weighted by Gasteiger charge is 2.54. The molecular weight excluding hydrogens is 590 g/mol. The van der Waals surface area contributed by atoms with Gasteiger partial charge < -0.3 is 21.7 Å². The van der Waals surface area contributed by atoms with Crippen molar-refractivity contribution in [2.45, 2.75) is 62.6 Å². The summed E-state index contributed by atoms with van der Waals surface area (Å²) in [6.07, 6.45) is 3.42. The van der Waals surface area contributed by atoms with Gasteiger partial charge in [0.15, 0.2) is 5.82 Å². The predicted molar refractivity (Wildman–Crippen MR) is 175 cm³/mol. The van der Waals surface area contributed by atoms with Gasteiger partial charge in [-0.2, -0.15) is 10.5 Å². The third-order valence-electron chi connectivity index (χ3n) is 10.2. The minimum atomic E-state index is -0.963. The third kappa shape index (κ3) is 5.34. The topological polar surface area (TPSA) is 180 Å². The van der Waals surface area contributed by atoms with E-state index in [0.29, 0.717) is 42.3 Å². The number of primary amides is 1. The van der Waals surface area contributed by atoms with Crippen LogP contribution in [0.2, 0.25) is 0 Å². The zero-order valence-electron chi connectivity index (χ0n) is 26.2. The Morgan fingerprint density at radius 1 is 1.06 bits per heavy atom. The first kappa shape index (κ1) is 30.3. The van der Waals surface area contributed by atoms with Crippen LogP contribution < -0.4 is 16.8 Å². The first-order valence-corrected chi connectivity index (χ1v) is 16.0. The quantitative estimate of drug-likeness (QED) is 0.218. The summed E-state index contributed by atoms with van der Waals surface area (Å²) in [7, 11) is 0. The Morgan fingerprint density at radius 3 is 2.36 bits per heavy atom. The van der Waals surface area contributed by atoms with Gasteiger partial charge in [0.2, 0.25) is 11.8 Å². The van der Waals surface area contributed by atoms with Crippen molar-refractivity contribution in [3.63, 3.8) is 0 Å². The minimum absolute atomic E-state index is 0.0640. The number of carbonyl (C=O) groups excluding carboxylic acids is 2. The number of hydrogen-bond donors (Lipinski definition) is 4. The molecule has 238 valence electrons. The van der Waals surface area contributed by atoms with Crippen molar-refractivity contribution in [3.8, 4) is 6.07 Å². The number of aromatic nitrogens is 4. The van der Waals surface area contributed by atoms with Crippen LogP contribution in [0.4, 0.5) is 0 Å². The number of nitrogens with one attached hydrogen (secondary N) is 2. The molecule has 6 N–H and O–H groups in total. The van der Waals surface area contributed by atoms with Crippen LogP contribution in [0.1, 0.15) is 80.4 Å². The standard InChI is InChI=1S/C36H37N9O2/c1-20-3-5-22(6-4-20)31(40-19-33(46)45-28(18-37)15-27-16-32(27)45)17-36(35-41-43-44-42-35)29-11-9-23(21(2)38)13-24(29)7-8-25-14-26(34(39)47)10-12-30(25)36/h3-6,9-14,27-28,31-32,40H,2,7-8,15-17,19,38H2,1H3,(H2,39,47)(H,41,42,43,44)/t27-,28?,31-,32+,36?/m1/s1. The normalized spacial score (nSPS) is 23.1. The highest BCUT2D eigenvalue weighted by atomic mass is 16.2. The van der Waals surface area contributed by atoms with Crippen LogP contribution in [0.3, 0.4) is 0 Å². The predicted octanol–water partition coefficient (Wildman–Crippen LogP) is 3.20. The van der Waals surface area contributed by atoms with Gasteiger partial charge >= 0.3 is 0 Å². The number of tetrazole rings is 1. The summed E-state index contributed by atoms with van der Waals surface area (Å²) in [6.45, 7) is 6.06. The number of H-pyrrole nitrogens is 1. The van der Waals surface area contributed by atoms with Crippen LogP contribution in [0.5, 0.6) is 0 Å². The summed E-state index contributed by atoms with van der Waals surface area (Å²) in [5, 5.41) is 29.2. The van der Waals surface area contributed by atoms with Gasteiger partial charge in [-0.1, -0.05) is 59.8 Å². The molecule has 11 nitrogen and oxygen atoms in total. The number of piperidine rings is 1. The molecular formula is C36H37N9O2. The Labute approximate surface area is 273 Å². The molecule has 47 heavy (non-hydrogen) atoms. The Balaban J connectivity index is 1.38. The molecule has 1 aromatic heterocycles. The Morgan fingerprint density at radius 2 is 1.74 bits per heavy atom. The molecule has 2 aliphatic carbocycles. The SMILES string of the molecule is C=C(N)c1ccc2c(c1)CCc1cc(C(N)=O)ccc1C2(C[C@@H](NCC(=O)N1C(C#N)C[C@@H]2C[C@@H]21)c1ccc(C)cc1)c1nn[nH]n1. The number of rotatable bonds is 9. The molecule has 1 aliphatic heterocycles.